The third-order valence-electron chi connectivity index (χ3n) is 5.31. The van der Waals surface area contributed by atoms with Crippen LogP contribution < -0.4 is 15.4 Å². The van der Waals surface area contributed by atoms with Crippen LogP contribution >= 0.6 is 0 Å². The normalized spacial score (nSPS) is 16.1. The molecule has 148 valence electrons. The molecule has 0 radical (unpaired) electrons. The smallest absolute Gasteiger partial charge is 0.246 e. The molecule has 1 amide bonds. The van der Waals surface area contributed by atoms with Gasteiger partial charge in [-0.1, -0.05) is 36.4 Å². The Hall–Kier alpha value is -3.18. The second kappa shape index (κ2) is 8.45. The molecule has 0 saturated heterocycles. The zero-order valence-corrected chi connectivity index (χ0v) is 16.2. The zero-order valence-electron chi connectivity index (χ0n) is 16.2. The average Bonchev–Trinajstić information content (AvgIpc) is 3.15. The minimum absolute atomic E-state index is 0.0764. The topological polar surface area (TPSA) is 50.4 Å². The molecule has 0 aromatic heterocycles. The van der Waals surface area contributed by atoms with E-state index in [9.17, 15) is 9.18 Å². The van der Waals surface area contributed by atoms with Crippen LogP contribution in [-0.2, 0) is 11.2 Å². The maximum absolute atomic E-state index is 13.8. The van der Waals surface area contributed by atoms with Crippen LogP contribution in [0, 0.1) is 5.82 Å². The number of rotatable bonds is 6. The first kappa shape index (κ1) is 19.2. The second-order valence-corrected chi connectivity index (χ2v) is 7.16. The molecule has 0 saturated carbocycles. The van der Waals surface area contributed by atoms with Crippen LogP contribution in [0.15, 0.2) is 72.8 Å². The van der Waals surface area contributed by atoms with Crippen LogP contribution in [0.2, 0.25) is 0 Å². The number of carbonyl (C=O) groups excluding carboxylic acids is 1. The highest BCUT2D eigenvalue weighted by Crippen LogP contribution is 2.34. The Morgan fingerprint density at radius 3 is 2.55 bits per heavy atom. The number of carbonyl (C=O) groups is 1. The highest BCUT2D eigenvalue weighted by molar-refractivity contribution is 5.95. The van der Waals surface area contributed by atoms with Gasteiger partial charge in [-0.3, -0.25) is 10.1 Å². The first-order valence-electron chi connectivity index (χ1n) is 9.68. The van der Waals surface area contributed by atoms with Gasteiger partial charge in [0.15, 0.2) is 0 Å². The van der Waals surface area contributed by atoms with Gasteiger partial charge in [-0.15, -0.1) is 0 Å². The fraction of sp³-hybridized carbons (Fsp3) is 0.208. The molecule has 1 aliphatic rings. The zero-order chi connectivity index (χ0) is 20.2. The number of aryl methyl sites for hydroxylation is 1. The van der Waals surface area contributed by atoms with Crippen LogP contribution in [0.25, 0.3) is 0 Å². The lowest BCUT2D eigenvalue weighted by atomic mass is 10.0. The molecule has 0 spiro atoms. The van der Waals surface area contributed by atoms with E-state index in [-0.39, 0.29) is 17.8 Å². The standard InChI is InChI=1S/C24H23FN2O2/c1-29-20-12-10-19(11-13-20)26-24(28)23(17-5-3-2-4-6-17)27-22-14-8-16-7-9-18(25)15-21(16)22/h2-7,9-13,15,22-23,27H,8,14H2,1H3,(H,26,28). The Balaban J connectivity index is 1.57. The number of halogens is 1. The number of anilines is 1. The van der Waals surface area contributed by atoms with Gasteiger partial charge in [-0.25, -0.2) is 4.39 Å². The van der Waals surface area contributed by atoms with Gasteiger partial charge in [0, 0.05) is 11.7 Å². The van der Waals surface area contributed by atoms with Crippen molar-refractivity contribution in [2.24, 2.45) is 0 Å². The maximum Gasteiger partial charge on any atom is 0.246 e. The number of amides is 1. The molecule has 4 rings (SSSR count). The van der Waals surface area contributed by atoms with Crippen LogP contribution in [0.1, 0.15) is 35.2 Å². The minimum Gasteiger partial charge on any atom is -0.497 e. The Kier molecular flexibility index (Phi) is 5.58. The molecule has 29 heavy (non-hydrogen) atoms. The van der Waals surface area contributed by atoms with E-state index in [1.54, 1.807) is 37.4 Å². The van der Waals surface area contributed by atoms with Gasteiger partial charge < -0.3 is 10.1 Å². The summed E-state index contributed by atoms with van der Waals surface area (Å²) in [6.07, 6.45) is 1.70. The summed E-state index contributed by atoms with van der Waals surface area (Å²) in [7, 11) is 1.60. The highest BCUT2D eigenvalue weighted by Gasteiger charge is 2.29. The van der Waals surface area contributed by atoms with Crippen molar-refractivity contribution in [1.82, 2.24) is 5.32 Å². The van der Waals surface area contributed by atoms with E-state index in [1.165, 1.54) is 6.07 Å². The van der Waals surface area contributed by atoms with E-state index in [4.69, 9.17) is 4.74 Å². The molecule has 0 bridgehead atoms. The van der Waals surface area contributed by atoms with Crippen LogP contribution in [0.3, 0.4) is 0 Å². The van der Waals surface area contributed by atoms with Crippen molar-refractivity contribution in [3.8, 4) is 5.75 Å². The Bertz CT molecular complexity index is 990. The third kappa shape index (κ3) is 4.30. The van der Waals surface area contributed by atoms with Crippen molar-refractivity contribution < 1.29 is 13.9 Å². The van der Waals surface area contributed by atoms with Crippen LogP contribution in [0.5, 0.6) is 5.75 Å². The fourth-order valence-corrected chi connectivity index (χ4v) is 3.81. The molecule has 1 aliphatic carbocycles. The van der Waals surface area contributed by atoms with Gasteiger partial charge >= 0.3 is 0 Å². The predicted molar refractivity (Wildman–Crippen MR) is 111 cm³/mol. The summed E-state index contributed by atoms with van der Waals surface area (Å²) in [5.74, 6) is 0.313. The van der Waals surface area contributed by atoms with Gasteiger partial charge in [-0.2, -0.15) is 0 Å². The van der Waals surface area contributed by atoms with Crippen LogP contribution in [0.4, 0.5) is 10.1 Å². The first-order chi connectivity index (χ1) is 14.1. The first-order valence-corrected chi connectivity index (χ1v) is 9.68. The van der Waals surface area contributed by atoms with E-state index in [0.717, 1.165) is 35.3 Å². The van der Waals surface area contributed by atoms with E-state index < -0.39 is 6.04 Å². The van der Waals surface area contributed by atoms with Crippen molar-refractivity contribution in [1.29, 1.82) is 0 Å². The van der Waals surface area contributed by atoms with Gasteiger partial charge in [0.1, 0.15) is 17.6 Å². The van der Waals surface area contributed by atoms with Crippen molar-refractivity contribution in [2.75, 3.05) is 12.4 Å². The number of nitrogens with one attached hydrogen (secondary N) is 2. The van der Waals surface area contributed by atoms with Gasteiger partial charge in [0.05, 0.1) is 7.11 Å². The molecule has 3 aromatic rings. The Morgan fingerprint density at radius 1 is 1.07 bits per heavy atom. The molecule has 0 heterocycles. The molecule has 5 heteroatoms. The Labute approximate surface area is 169 Å². The van der Waals surface area contributed by atoms with E-state index >= 15 is 0 Å². The van der Waals surface area contributed by atoms with Gasteiger partial charge in [-0.05, 0) is 65.9 Å². The Morgan fingerprint density at radius 2 is 1.83 bits per heavy atom. The number of hydrogen-bond donors (Lipinski definition) is 2. The van der Waals surface area contributed by atoms with E-state index in [0.29, 0.717) is 5.69 Å². The van der Waals surface area contributed by atoms with Crippen molar-refractivity contribution in [2.45, 2.75) is 24.9 Å². The molecular weight excluding hydrogens is 367 g/mol. The average molecular weight is 390 g/mol. The van der Waals surface area contributed by atoms with Crippen molar-refractivity contribution >= 4 is 11.6 Å². The molecule has 2 atom stereocenters. The molecule has 0 fully saturated rings. The fourth-order valence-electron chi connectivity index (χ4n) is 3.81. The van der Waals surface area contributed by atoms with E-state index in [2.05, 4.69) is 10.6 Å². The lowest BCUT2D eigenvalue weighted by Gasteiger charge is -2.24. The van der Waals surface area contributed by atoms with Crippen molar-refractivity contribution in [3.05, 3.63) is 95.3 Å². The third-order valence-corrected chi connectivity index (χ3v) is 5.31. The molecule has 3 aromatic carbocycles. The van der Waals surface area contributed by atoms with Crippen molar-refractivity contribution in [3.63, 3.8) is 0 Å². The SMILES string of the molecule is COc1ccc(NC(=O)C(NC2CCc3ccc(F)cc32)c2ccccc2)cc1. The number of benzene rings is 3. The number of hydrogen-bond acceptors (Lipinski definition) is 3. The predicted octanol–water partition coefficient (Wildman–Crippen LogP) is 4.79. The molecule has 0 aliphatic heterocycles. The summed E-state index contributed by atoms with van der Waals surface area (Å²) in [5, 5.41) is 6.42. The summed E-state index contributed by atoms with van der Waals surface area (Å²) in [6, 6.07) is 21.1. The maximum atomic E-state index is 13.8. The highest BCUT2D eigenvalue weighted by atomic mass is 19.1. The summed E-state index contributed by atoms with van der Waals surface area (Å²) < 4.78 is 19.0. The lowest BCUT2D eigenvalue weighted by Crippen LogP contribution is -2.35. The van der Waals surface area contributed by atoms with Crippen LogP contribution in [-0.4, -0.2) is 13.0 Å². The summed E-state index contributed by atoms with van der Waals surface area (Å²) >= 11 is 0. The summed E-state index contributed by atoms with van der Waals surface area (Å²) in [5.41, 5.74) is 3.62. The number of fused-ring (bicyclic) bond motifs is 1. The lowest BCUT2D eigenvalue weighted by molar-refractivity contribution is -0.118. The molecule has 4 nitrogen and oxygen atoms in total. The van der Waals surface area contributed by atoms with E-state index in [1.807, 2.05) is 36.4 Å². The van der Waals surface area contributed by atoms with Gasteiger partial charge in [0.2, 0.25) is 5.91 Å². The largest absolute Gasteiger partial charge is 0.497 e. The monoisotopic (exact) mass is 390 g/mol. The van der Waals surface area contributed by atoms with Gasteiger partial charge in [0.25, 0.3) is 0 Å². The number of ether oxygens (including phenoxy) is 1. The quantitative estimate of drug-likeness (QED) is 0.636. The second-order valence-electron chi connectivity index (χ2n) is 7.16. The summed E-state index contributed by atoms with van der Waals surface area (Å²) in [4.78, 5) is 13.2. The molecular formula is C24H23FN2O2. The molecule has 2 unspecified atom stereocenters. The number of methoxy groups -OCH3 is 1. The summed E-state index contributed by atoms with van der Waals surface area (Å²) in [6.45, 7) is 0. The minimum atomic E-state index is -0.558. The molecule has 2 N–H and O–H groups in total.